The van der Waals surface area contributed by atoms with Crippen molar-refractivity contribution in [3.05, 3.63) is 23.8 Å². The highest BCUT2D eigenvalue weighted by atomic mass is 16.5. The molecule has 0 amide bonds. The second-order valence-electron chi connectivity index (χ2n) is 5.63. The van der Waals surface area contributed by atoms with E-state index in [1.54, 1.807) is 7.11 Å². The van der Waals surface area contributed by atoms with Crippen LogP contribution in [0, 0.1) is 0 Å². The van der Waals surface area contributed by atoms with Crippen LogP contribution in [0.3, 0.4) is 0 Å². The molecule has 0 radical (unpaired) electrons. The number of methoxy groups -OCH3 is 1. The number of fused-ring (bicyclic) bond motifs is 1. The zero-order valence-corrected chi connectivity index (χ0v) is 11.5. The van der Waals surface area contributed by atoms with Gasteiger partial charge in [0.25, 0.3) is 0 Å². The average molecular weight is 263 g/mol. The van der Waals surface area contributed by atoms with E-state index < -0.39 is 0 Å². The highest BCUT2D eigenvalue weighted by Crippen LogP contribution is 2.45. The normalized spacial score (nSPS) is 33.6. The van der Waals surface area contributed by atoms with Gasteiger partial charge in [0.05, 0.1) is 19.8 Å². The summed E-state index contributed by atoms with van der Waals surface area (Å²) in [4.78, 5) is 0. The largest absolute Gasteiger partial charge is 0.497 e. The van der Waals surface area contributed by atoms with Gasteiger partial charge in [-0.2, -0.15) is 0 Å². The van der Waals surface area contributed by atoms with Crippen LogP contribution in [0.5, 0.6) is 11.5 Å². The lowest BCUT2D eigenvalue weighted by atomic mass is 9.80. The van der Waals surface area contributed by atoms with Gasteiger partial charge in [-0.05, 0) is 13.0 Å². The van der Waals surface area contributed by atoms with E-state index in [2.05, 4.69) is 6.92 Å². The SMILES string of the molecule is COc1ccc2c(c1)OC1(CCOC(C)C1)CC2N. The molecule has 3 rings (SSSR count). The molecule has 2 N–H and O–H groups in total. The minimum Gasteiger partial charge on any atom is -0.497 e. The van der Waals surface area contributed by atoms with Crippen LogP contribution in [0.1, 0.15) is 37.8 Å². The smallest absolute Gasteiger partial charge is 0.128 e. The van der Waals surface area contributed by atoms with Crippen molar-refractivity contribution in [2.75, 3.05) is 13.7 Å². The quantitative estimate of drug-likeness (QED) is 0.845. The second kappa shape index (κ2) is 4.69. The predicted molar refractivity (Wildman–Crippen MR) is 72.5 cm³/mol. The maximum atomic E-state index is 6.33. The Hall–Kier alpha value is -1.26. The summed E-state index contributed by atoms with van der Waals surface area (Å²) in [6.07, 6.45) is 2.90. The topological polar surface area (TPSA) is 53.7 Å². The molecule has 2 heterocycles. The summed E-state index contributed by atoms with van der Waals surface area (Å²) >= 11 is 0. The van der Waals surface area contributed by atoms with Crippen molar-refractivity contribution in [2.24, 2.45) is 5.73 Å². The molecular weight excluding hydrogens is 242 g/mol. The molecule has 1 fully saturated rings. The van der Waals surface area contributed by atoms with Crippen molar-refractivity contribution in [1.29, 1.82) is 0 Å². The van der Waals surface area contributed by atoms with Crippen LogP contribution >= 0.6 is 0 Å². The first-order valence-electron chi connectivity index (χ1n) is 6.86. The molecule has 0 saturated carbocycles. The molecule has 0 aromatic heterocycles. The van der Waals surface area contributed by atoms with E-state index in [-0.39, 0.29) is 17.7 Å². The van der Waals surface area contributed by atoms with Crippen molar-refractivity contribution in [2.45, 2.75) is 43.9 Å². The van der Waals surface area contributed by atoms with Gasteiger partial charge in [-0.15, -0.1) is 0 Å². The van der Waals surface area contributed by atoms with Gasteiger partial charge >= 0.3 is 0 Å². The zero-order chi connectivity index (χ0) is 13.5. The molecule has 0 bridgehead atoms. The number of nitrogens with two attached hydrogens (primary N) is 1. The Labute approximate surface area is 113 Å². The van der Waals surface area contributed by atoms with Gasteiger partial charge in [-0.1, -0.05) is 6.07 Å². The van der Waals surface area contributed by atoms with E-state index in [1.807, 2.05) is 18.2 Å². The Morgan fingerprint density at radius 1 is 1.37 bits per heavy atom. The van der Waals surface area contributed by atoms with Gasteiger partial charge in [0, 0.05) is 36.9 Å². The average Bonchev–Trinajstić information content (AvgIpc) is 2.37. The van der Waals surface area contributed by atoms with E-state index in [0.717, 1.165) is 42.9 Å². The number of hydrogen-bond acceptors (Lipinski definition) is 4. The fourth-order valence-electron chi connectivity index (χ4n) is 3.23. The summed E-state index contributed by atoms with van der Waals surface area (Å²) in [5, 5.41) is 0. The predicted octanol–water partition coefficient (Wildman–Crippen LogP) is 2.42. The molecule has 1 saturated heterocycles. The summed E-state index contributed by atoms with van der Waals surface area (Å²) in [6.45, 7) is 2.84. The molecule has 4 heteroatoms. The third-order valence-electron chi connectivity index (χ3n) is 4.16. The molecule has 0 aliphatic carbocycles. The second-order valence-corrected chi connectivity index (χ2v) is 5.63. The van der Waals surface area contributed by atoms with Gasteiger partial charge < -0.3 is 19.9 Å². The molecule has 19 heavy (non-hydrogen) atoms. The van der Waals surface area contributed by atoms with E-state index >= 15 is 0 Å². The third-order valence-corrected chi connectivity index (χ3v) is 4.16. The number of ether oxygens (including phenoxy) is 3. The first-order valence-corrected chi connectivity index (χ1v) is 6.86. The van der Waals surface area contributed by atoms with Crippen molar-refractivity contribution in [3.8, 4) is 11.5 Å². The van der Waals surface area contributed by atoms with Crippen LogP contribution in [0.4, 0.5) is 0 Å². The van der Waals surface area contributed by atoms with Crippen molar-refractivity contribution < 1.29 is 14.2 Å². The van der Waals surface area contributed by atoms with Crippen LogP contribution in [0.25, 0.3) is 0 Å². The lowest BCUT2D eigenvalue weighted by molar-refractivity contribution is -0.0949. The zero-order valence-electron chi connectivity index (χ0n) is 11.5. The Morgan fingerprint density at radius 3 is 2.95 bits per heavy atom. The van der Waals surface area contributed by atoms with Gasteiger partial charge in [0.1, 0.15) is 17.1 Å². The minimum absolute atomic E-state index is 0.0277. The summed E-state index contributed by atoms with van der Waals surface area (Å²) in [6, 6.07) is 5.91. The van der Waals surface area contributed by atoms with Crippen LogP contribution in [0.15, 0.2) is 18.2 Å². The van der Waals surface area contributed by atoms with Gasteiger partial charge in [0.2, 0.25) is 0 Å². The summed E-state index contributed by atoms with van der Waals surface area (Å²) in [5.74, 6) is 1.68. The van der Waals surface area contributed by atoms with Crippen molar-refractivity contribution in [1.82, 2.24) is 0 Å². The monoisotopic (exact) mass is 263 g/mol. The molecule has 1 aromatic rings. The number of hydrogen-bond donors (Lipinski definition) is 1. The first-order chi connectivity index (χ1) is 9.12. The molecule has 3 atom stereocenters. The van der Waals surface area contributed by atoms with Gasteiger partial charge in [-0.25, -0.2) is 0 Å². The Morgan fingerprint density at radius 2 is 2.21 bits per heavy atom. The fourth-order valence-corrected chi connectivity index (χ4v) is 3.23. The highest BCUT2D eigenvalue weighted by Gasteiger charge is 2.43. The highest BCUT2D eigenvalue weighted by molar-refractivity contribution is 5.44. The van der Waals surface area contributed by atoms with Crippen molar-refractivity contribution in [3.63, 3.8) is 0 Å². The van der Waals surface area contributed by atoms with Crippen LogP contribution < -0.4 is 15.2 Å². The Bertz CT molecular complexity index is 476. The molecule has 1 spiro atoms. The lowest BCUT2D eigenvalue weighted by Crippen LogP contribution is -2.49. The third kappa shape index (κ3) is 2.30. The molecule has 1 aromatic carbocycles. The summed E-state index contributed by atoms with van der Waals surface area (Å²) in [7, 11) is 1.66. The molecule has 104 valence electrons. The van der Waals surface area contributed by atoms with Crippen molar-refractivity contribution >= 4 is 0 Å². The maximum absolute atomic E-state index is 6.33. The van der Waals surface area contributed by atoms with Gasteiger partial charge in [-0.3, -0.25) is 0 Å². The molecule has 2 aliphatic rings. The van der Waals surface area contributed by atoms with Crippen LogP contribution in [-0.2, 0) is 4.74 Å². The summed E-state index contributed by atoms with van der Waals surface area (Å²) in [5.41, 5.74) is 7.23. The maximum Gasteiger partial charge on any atom is 0.128 e. The van der Waals surface area contributed by atoms with E-state index in [1.165, 1.54) is 0 Å². The van der Waals surface area contributed by atoms with E-state index in [4.69, 9.17) is 19.9 Å². The molecule has 3 unspecified atom stereocenters. The van der Waals surface area contributed by atoms with Crippen LogP contribution in [0.2, 0.25) is 0 Å². The number of benzene rings is 1. The van der Waals surface area contributed by atoms with E-state index in [9.17, 15) is 0 Å². The number of rotatable bonds is 1. The van der Waals surface area contributed by atoms with Gasteiger partial charge in [0.15, 0.2) is 0 Å². The molecular formula is C15H21NO3. The molecule has 2 aliphatic heterocycles. The fraction of sp³-hybridized carbons (Fsp3) is 0.600. The lowest BCUT2D eigenvalue weighted by Gasteiger charge is -2.45. The Kier molecular flexibility index (Phi) is 3.15. The van der Waals surface area contributed by atoms with Crippen LogP contribution in [-0.4, -0.2) is 25.4 Å². The summed E-state index contributed by atoms with van der Waals surface area (Å²) < 4.78 is 17.2. The Balaban J connectivity index is 1.93. The standard InChI is InChI=1S/C15H21NO3/c1-10-8-15(5-6-18-10)9-13(16)12-4-3-11(17-2)7-14(12)19-15/h3-4,7,10,13H,5-6,8-9,16H2,1-2H3. The minimum atomic E-state index is -0.170. The van der Waals surface area contributed by atoms with E-state index in [0.29, 0.717) is 0 Å². The first kappa shape index (κ1) is 12.8. The molecule has 4 nitrogen and oxygen atoms in total.